The molecule has 0 bridgehead atoms. The van der Waals surface area contributed by atoms with E-state index in [1.165, 1.54) is 9.80 Å². The van der Waals surface area contributed by atoms with Crippen LogP contribution in [0.1, 0.15) is 15.9 Å². The maximum atomic E-state index is 13.6. The van der Waals surface area contributed by atoms with Gasteiger partial charge in [-0.1, -0.05) is 48.5 Å². The van der Waals surface area contributed by atoms with Gasteiger partial charge in [0.15, 0.2) is 17.6 Å². The lowest BCUT2D eigenvalue weighted by molar-refractivity contribution is -0.230. The first-order chi connectivity index (χ1) is 21.0. The van der Waals surface area contributed by atoms with E-state index in [1.54, 1.807) is 42.5 Å². The third-order valence-corrected chi connectivity index (χ3v) is 8.96. The number of hydrogen-bond acceptors (Lipinski definition) is 11. The summed E-state index contributed by atoms with van der Waals surface area (Å²) >= 11 is 0. The number of carbonyl (C=O) groups is 3. The number of para-hydroxylation sites is 1. The second-order valence-electron chi connectivity index (χ2n) is 11.5. The van der Waals surface area contributed by atoms with Gasteiger partial charge >= 0.3 is 6.03 Å². The van der Waals surface area contributed by atoms with E-state index in [9.17, 15) is 24.6 Å². The minimum absolute atomic E-state index is 0.0899. The monoisotopic (exact) mass is 597 g/mol. The van der Waals surface area contributed by atoms with Gasteiger partial charge < -0.3 is 37.2 Å². The van der Waals surface area contributed by atoms with Crippen LogP contribution in [0.3, 0.4) is 0 Å². The molecule has 14 nitrogen and oxygen atoms in total. The van der Waals surface area contributed by atoms with Crippen LogP contribution in [0.2, 0.25) is 0 Å². The van der Waals surface area contributed by atoms with Crippen molar-refractivity contribution >= 4 is 46.2 Å². The molecule has 2 saturated heterocycles. The molecule has 14 heteroatoms. The third-order valence-electron chi connectivity index (χ3n) is 8.96. The molecule has 4 aliphatic rings. The Labute approximate surface area is 251 Å². The second kappa shape index (κ2) is 9.65. The average molecular weight is 598 g/mol. The number of benzene rings is 3. The number of amides is 4. The molecule has 3 aromatic carbocycles. The lowest BCUT2D eigenvalue weighted by Gasteiger charge is -2.49. The summed E-state index contributed by atoms with van der Waals surface area (Å²) in [6.07, 6.45) is 0. The smallest absolute Gasteiger partial charge is 0.331 e. The molecular weight excluding hydrogens is 566 g/mol. The number of anilines is 1. The van der Waals surface area contributed by atoms with Gasteiger partial charge in [-0.05, 0) is 41.5 Å². The first-order valence-corrected chi connectivity index (χ1v) is 14.2. The van der Waals surface area contributed by atoms with Crippen LogP contribution in [0, 0.1) is 6.92 Å². The number of nitrogens with two attached hydrogens (primary N) is 2. The number of aryl methyl sites for hydroxylation is 1. The Hall–Kier alpha value is -5.21. The van der Waals surface area contributed by atoms with Gasteiger partial charge in [-0.15, -0.1) is 0 Å². The quantitative estimate of drug-likeness (QED) is 0.164. The predicted molar refractivity (Wildman–Crippen MR) is 161 cm³/mol. The highest BCUT2D eigenvalue weighted by Gasteiger charge is 2.73. The minimum atomic E-state index is -2.68. The Morgan fingerprint density at radius 1 is 1.05 bits per heavy atom. The maximum Gasteiger partial charge on any atom is 0.331 e. The van der Waals surface area contributed by atoms with Crippen molar-refractivity contribution in [2.75, 3.05) is 24.5 Å². The summed E-state index contributed by atoms with van der Waals surface area (Å²) in [5.41, 5.74) is 12.5. The van der Waals surface area contributed by atoms with Crippen LogP contribution in [0.4, 0.5) is 10.5 Å². The number of carbonyl (C=O) groups excluding carboxylic acids is 3. The summed E-state index contributed by atoms with van der Waals surface area (Å²) < 4.78 is 0. The molecule has 0 saturated carbocycles. The minimum Gasteiger partial charge on any atom is -0.370 e. The summed E-state index contributed by atoms with van der Waals surface area (Å²) in [5, 5.41) is 30.9. The van der Waals surface area contributed by atoms with Crippen LogP contribution >= 0.6 is 0 Å². The molecule has 4 heterocycles. The van der Waals surface area contributed by atoms with Crippen molar-refractivity contribution in [1.29, 1.82) is 0 Å². The number of fused-ring (bicyclic) bond motifs is 1. The number of aliphatic imine (C=N–C) groups is 2. The highest BCUT2D eigenvalue weighted by atomic mass is 16.5. The standard InChI is InChI=1S/C30H31N9O5/c1-16-7-5-8-17-9-6-12-19(23(16)17)25(41)34-21-14-39-27(32)33-20(24-29(39,30(21,43)44)36-26(31)35-24)13-38-22(40)15-37(28(38)42)18-10-3-2-4-11-18/h2-12,20-21,24,43-44H,13-15H2,1H3,(H2,32,33)(H,34,41)(H3,31,35,36)/t20-,21?,24-,29?/m0/s1. The van der Waals surface area contributed by atoms with E-state index in [4.69, 9.17) is 11.5 Å². The van der Waals surface area contributed by atoms with E-state index in [-0.39, 0.29) is 31.6 Å². The van der Waals surface area contributed by atoms with Gasteiger partial charge in [-0.25, -0.2) is 14.8 Å². The number of nitrogens with one attached hydrogen (secondary N) is 2. The van der Waals surface area contributed by atoms with Gasteiger partial charge in [-0.3, -0.25) is 19.4 Å². The molecule has 0 aromatic heterocycles. The molecule has 2 unspecified atom stereocenters. The van der Waals surface area contributed by atoms with Crippen LogP contribution in [-0.4, -0.2) is 99.0 Å². The van der Waals surface area contributed by atoms with E-state index < -0.39 is 47.4 Å². The van der Waals surface area contributed by atoms with Gasteiger partial charge in [0.2, 0.25) is 5.79 Å². The van der Waals surface area contributed by atoms with Crippen molar-refractivity contribution in [3.63, 3.8) is 0 Å². The number of aliphatic hydroxyl groups is 2. The molecule has 3 aromatic rings. The lowest BCUT2D eigenvalue weighted by Crippen LogP contribution is -2.78. The molecule has 4 amide bonds. The van der Waals surface area contributed by atoms with Gasteiger partial charge in [-0.2, -0.15) is 0 Å². The van der Waals surface area contributed by atoms with Gasteiger partial charge in [0, 0.05) is 17.8 Å². The molecular formula is C30H31N9O5. The number of imide groups is 1. The molecule has 0 aliphatic carbocycles. The van der Waals surface area contributed by atoms with E-state index in [0.717, 1.165) is 21.2 Å². The fourth-order valence-electron chi connectivity index (χ4n) is 6.91. The van der Waals surface area contributed by atoms with Crippen molar-refractivity contribution in [3.8, 4) is 0 Å². The number of hydrogen-bond donors (Lipinski definition) is 6. The van der Waals surface area contributed by atoms with Crippen molar-refractivity contribution < 1.29 is 24.6 Å². The zero-order valence-electron chi connectivity index (χ0n) is 23.7. The fraction of sp³-hybridized carbons (Fsp3) is 0.300. The van der Waals surface area contributed by atoms with Crippen molar-refractivity contribution in [2.45, 2.75) is 36.5 Å². The molecule has 226 valence electrons. The van der Waals surface area contributed by atoms with Crippen molar-refractivity contribution in [2.24, 2.45) is 21.5 Å². The number of guanidine groups is 2. The number of rotatable bonds is 5. The second-order valence-corrected chi connectivity index (χ2v) is 11.5. The highest BCUT2D eigenvalue weighted by molar-refractivity contribution is 6.12. The van der Waals surface area contributed by atoms with Crippen molar-refractivity contribution in [3.05, 3.63) is 77.9 Å². The fourth-order valence-corrected chi connectivity index (χ4v) is 6.91. The first kappa shape index (κ1) is 27.6. The molecule has 44 heavy (non-hydrogen) atoms. The summed E-state index contributed by atoms with van der Waals surface area (Å²) in [7, 11) is 0. The van der Waals surface area contributed by atoms with Gasteiger partial charge in [0.1, 0.15) is 18.6 Å². The molecule has 8 N–H and O–H groups in total. The van der Waals surface area contributed by atoms with Crippen LogP contribution in [0.5, 0.6) is 0 Å². The maximum absolute atomic E-state index is 13.6. The topological polar surface area (TPSA) is 202 Å². The van der Waals surface area contributed by atoms with E-state index in [1.807, 2.05) is 31.2 Å². The molecule has 1 spiro atoms. The molecule has 7 rings (SSSR count). The Morgan fingerprint density at radius 2 is 1.77 bits per heavy atom. The van der Waals surface area contributed by atoms with Crippen LogP contribution in [-0.2, 0) is 4.79 Å². The van der Waals surface area contributed by atoms with Gasteiger partial charge in [0.25, 0.3) is 11.8 Å². The van der Waals surface area contributed by atoms with Crippen molar-refractivity contribution in [1.82, 2.24) is 20.4 Å². The van der Waals surface area contributed by atoms with Crippen LogP contribution < -0.4 is 27.0 Å². The number of urea groups is 1. The van der Waals surface area contributed by atoms with E-state index in [0.29, 0.717) is 11.3 Å². The Balaban J connectivity index is 1.19. The van der Waals surface area contributed by atoms with Crippen LogP contribution in [0.15, 0.2) is 76.7 Å². The largest absolute Gasteiger partial charge is 0.370 e. The Bertz CT molecular complexity index is 1770. The van der Waals surface area contributed by atoms with E-state index >= 15 is 0 Å². The number of nitrogens with zero attached hydrogens (tertiary/aromatic N) is 5. The summed E-state index contributed by atoms with van der Waals surface area (Å²) in [6, 6.07) is 15.9. The predicted octanol–water partition coefficient (Wildman–Crippen LogP) is -0.608. The SMILES string of the molecule is Cc1cccc2cccc(C(=O)NC3CN4C(N)=N[C@@H](CN5C(=O)CN(c6ccccc6)C5=O)[C@@H]5N=C(N)NC54C3(O)O)c12. The first-order valence-electron chi connectivity index (χ1n) is 14.2. The zero-order chi connectivity index (χ0) is 31.0. The average Bonchev–Trinajstić information content (AvgIpc) is 3.58. The highest BCUT2D eigenvalue weighted by Crippen LogP contribution is 2.45. The molecule has 4 atom stereocenters. The Morgan fingerprint density at radius 3 is 2.52 bits per heavy atom. The Kier molecular flexibility index (Phi) is 6.06. The normalized spacial score (nSPS) is 27.2. The zero-order valence-corrected chi connectivity index (χ0v) is 23.7. The third kappa shape index (κ3) is 3.84. The summed E-state index contributed by atoms with van der Waals surface area (Å²) in [5.74, 6) is -3.83. The molecule has 0 radical (unpaired) electrons. The summed E-state index contributed by atoms with van der Waals surface area (Å²) in [4.78, 5) is 52.8. The molecule has 4 aliphatic heterocycles. The summed E-state index contributed by atoms with van der Waals surface area (Å²) in [6.45, 7) is 1.37. The van der Waals surface area contributed by atoms with Crippen LogP contribution in [0.25, 0.3) is 10.8 Å². The van der Waals surface area contributed by atoms with Gasteiger partial charge in [0.05, 0.1) is 12.6 Å². The molecule has 2 fully saturated rings. The van der Waals surface area contributed by atoms with E-state index in [2.05, 4.69) is 20.6 Å². The lowest BCUT2D eigenvalue weighted by atomic mass is 9.84.